The number of carbonyl (C=O) groups excluding carboxylic acids is 1. The first-order valence-corrected chi connectivity index (χ1v) is 6.40. The zero-order chi connectivity index (χ0) is 12.8. The molecule has 17 heavy (non-hydrogen) atoms. The van der Waals surface area contributed by atoms with E-state index in [0.29, 0.717) is 13.0 Å². The summed E-state index contributed by atoms with van der Waals surface area (Å²) in [5, 5.41) is 11.9. The Hall–Kier alpha value is -1.26. The van der Waals surface area contributed by atoms with E-state index in [1.807, 2.05) is 6.92 Å². The molecule has 0 saturated carbocycles. The molecule has 1 saturated heterocycles. The Morgan fingerprint density at radius 3 is 2.71 bits per heavy atom. The zero-order valence-electron chi connectivity index (χ0n) is 10.6. The predicted octanol–water partition coefficient (Wildman–Crippen LogP) is 1.82. The van der Waals surface area contributed by atoms with Crippen molar-refractivity contribution in [1.82, 2.24) is 10.2 Å². The Morgan fingerprint density at radius 1 is 1.47 bits per heavy atom. The van der Waals surface area contributed by atoms with Crippen molar-refractivity contribution in [3.63, 3.8) is 0 Å². The molecular weight excluding hydrogens is 220 g/mol. The second kappa shape index (κ2) is 6.47. The number of rotatable bonds is 5. The number of hydrogen-bond donors (Lipinski definition) is 2. The average Bonchev–Trinajstić information content (AvgIpc) is 2.77. The van der Waals surface area contributed by atoms with Crippen LogP contribution in [0, 0.1) is 0 Å². The van der Waals surface area contributed by atoms with Crippen LogP contribution >= 0.6 is 0 Å². The second-order valence-electron chi connectivity index (χ2n) is 4.53. The number of urea groups is 1. The van der Waals surface area contributed by atoms with Gasteiger partial charge in [-0.25, -0.2) is 9.59 Å². The molecule has 98 valence electrons. The molecule has 5 heteroatoms. The van der Waals surface area contributed by atoms with Crippen molar-refractivity contribution in [2.24, 2.45) is 0 Å². The number of nitrogens with zero attached hydrogens (tertiary/aromatic N) is 1. The minimum atomic E-state index is -0.902. The molecule has 0 aromatic heterocycles. The Morgan fingerprint density at radius 2 is 2.18 bits per heavy atom. The molecule has 0 radical (unpaired) electrons. The summed E-state index contributed by atoms with van der Waals surface area (Å²) in [4.78, 5) is 24.4. The molecule has 0 spiro atoms. The highest BCUT2D eigenvalue weighted by Gasteiger charge is 2.34. The summed E-state index contributed by atoms with van der Waals surface area (Å²) >= 11 is 0. The molecule has 1 rings (SSSR count). The van der Waals surface area contributed by atoms with Gasteiger partial charge in [0, 0.05) is 12.6 Å². The van der Waals surface area contributed by atoms with E-state index in [0.717, 1.165) is 25.7 Å². The van der Waals surface area contributed by atoms with Crippen LogP contribution in [0.5, 0.6) is 0 Å². The Balaban J connectivity index is 2.54. The number of nitrogens with one attached hydrogen (secondary N) is 1. The molecule has 5 nitrogen and oxygen atoms in total. The van der Waals surface area contributed by atoms with Crippen molar-refractivity contribution >= 4 is 12.0 Å². The smallest absolute Gasteiger partial charge is 0.326 e. The van der Waals surface area contributed by atoms with Crippen LogP contribution in [0.3, 0.4) is 0 Å². The lowest BCUT2D eigenvalue weighted by atomic mass is 10.1. The van der Waals surface area contributed by atoms with Gasteiger partial charge in [0.2, 0.25) is 0 Å². The number of carboxylic acids is 1. The highest BCUT2D eigenvalue weighted by atomic mass is 16.4. The Kier molecular flexibility index (Phi) is 5.25. The van der Waals surface area contributed by atoms with Gasteiger partial charge in [0.1, 0.15) is 6.04 Å². The van der Waals surface area contributed by atoms with Crippen molar-refractivity contribution in [2.75, 3.05) is 6.54 Å². The molecule has 2 N–H and O–H groups in total. The summed E-state index contributed by atoms with van der Waals surface area (Å²) in [6.45, 7) is 4.65. The van der Waals surface area contributed by atoms with Gasteiger partial charge in [-0.1, -0.05) is 20.3 Å². The standard InChI is InChI=1S/C12H22N2O3/c1-3-6-9(4-2)13-12(17)14-8-5-7-10(14)11(15)16/h9-10H,3-8H2,1-2H3,(H,13,17)(H,15,16)/t9?,10-/m1/s1. The lowest BCUT2D eigenvalue weighted by Crippen LogP contribution is -2.48. The number of carbonyl (C=O) groups is 2. The second-order valence-corrected chi connectivity index (χ2v) is 4.53. The SMILES string of the molecule is CCCC(CC)NC(=O)N1CCC[C@@H]1C(=O)O. The van der Waals surface area contributed by atoms with Crippen molar-refractivity contribution in [1.29, 1.82) is 0 Å². The molecule has 0 aromatic carbocycles. The van der Waals surface area contributed by atoms with E-state index in [1.54, 1.807) is 0 Å². The van der Waals surface area contributed by atoms with Gasteiger partial charge in [0.25, 0.3) is 0 Å². The third-order valence-corrected chi connectivity index (χ3v) is 3.26. The number of carboxylic acid groups (broad SMARTS) is 1. The van der Waals surface area contributed by atoms with E-state index < -0.39 is 12.0 Å². The summed E-state index contributed by atoms with van der Waals surface area (Å²) in [7, 11) is 0. The molecule has 1 aliphatic rings. The molecule has 1 aliphatic heterocycles. The van der Waals surface area contributed by atoms with Crippen LogP contribution in [0.2, 0.25) is 0 Å². The fourth-order valence-corrected chi connectivity index (χ4v) is 2.25. The highest BCUT2D eigenvalue weighted by molar-refractivity contribution is 5.83. The molecular formula is C12H22N2O3. The molecule has 0 aromatic rings. The lowest BCUT2D eigenvalue weighted by Gasteiger charge is -2.25. The molecule has 1 unspecified atom stereocenters. The van der Waals surface area contributed by atoms with E-state index in [1.165, 1.54) is 4.90 Å². The van der Waals surface area contributed by atoms with Gasteiger partial charge < -0.3 is 15.3 Å². The molecule has 1 fully saturated rings. The van der Waals surface area contributed by atoms with Gasteiger partial charge in [0.05, 0.1) is 0 Å². The maximum atomic E-state index is 12.0. The topological polar surface area (TPSA) is 69.6 Å². The summed E-state index contributed by atoms with van der Waals surface area (Å²) < 4.78 is 0. The average molecular weight is 242 g/mol. The van der Waals surface area contributed by atoms with E-state index in [-0.39, 0.29) is 12.1 Å². The third kappa shape index (κ3) is 3.61. The zero-order valence-corrected chi connectivity index (χ0v) is 10.6. The van der Waals surface area contributed by atoms with Crippen LogP contribution < -0.4 is 5.32 Å². The summed E-state index contributed by atoms with van der Waals surface area (Å²) in [6, 6.07) is -0.716. The van der Waals surface area contributed by atoms with Gasteiger partial charge in [-0.15, -0.1) is 0 Å². The quantitative estimate of drug-likeness (QED) is 0.772. The molecule has 2 amide bonds. The van der Waals surface area contributed by atoms with Gasteiger partial charge >= 0.3 is 12.0 Å². The number of hydrogen-bond acceptors (Lipinski definition) is 2. The number of aliphatic carboxylic acids is 1. The minimum Gasteiger partial charge on any atom is -0.480 e. The highest BCUT2D eigenvalue weighted by Crippen LogP contribution is 2.17. The normalized spacial score (nSPS) is 21.3. The monoisotopic (exact) mass is 242 g/mol. The maximum absolute atomic E-state index is 12.0. The van der Waals surface area contributed by atoms with Gasteiger partial charge in [-0.3, -0.25) is 0 Å². The van der Waals surface area contributed by atoms with Gasteiger partial charge in [-0.05, 0) is 25.7 Å². The van der Waals surface area contributed by atoms with E-state index in [4.69, 9.17) is 5.11 Å². The van der Waals surface area contributed by atoms with Crippen LogP contribution in [0.25, 0.3) is 0 Å². The van der Waals surface area contributed by atoms with Crippen molar-refractivity contribution in [2.45, 2.75) is 58.0 Å². The van der Waals surface area contributed by atoms with E-state index in [2.05, 4.69) is 12.2 Å². The first-order chi connectivity index (χ1) is 8.10. The Bertz CT molecular complexity index is 281. The Labute approximate surface area is 102 Å². The van der Waals surface area contributed by atoms with Crippen LogP contribution in [0.15, 0.2) is 0 Å². The van der Waals surface area contributed by atoms with Crippen LogP contribution in [-0.4, -0.2) is 40.6 Å². The van der Waals surface area contributed by atoms with Crippen LogP contribution in [0.1, 0.15) is 46.0 Å². The molecule has 2 atom stereocenters. The summed E-state index contributed by atoms with van der Waals surface area (Å²) in [6.07, 6.45) is 4.17. The lowest BCUT2D eigenvalue weighted by molar-refractivity contribution is -0.141. The maximum Gasteiger partial charge on any atom is 0.326 e. The molecule has 0 aliphatic carbocycles. The number of likely N-dealkylation sites (tertiary alicyclic amines) is 1. The largest absolute Gasteiger partial charge is 0.480 e. The predicted molar refractivity (Wildman–Crippen MR) is 64.9 cm³/mol. The van der Waals surface area contributed by atoms with E-state index >= 15 is 0 Å². The number of amides is 2. The molecule has 1 heterocycles. The first-order valence-electron chi connectivity index (χ1n) is 6.40. The fraction of sp³-hybridized carbons (Fsp3) is 0.833. The van der Waals surface area contributed by atoms with Gasteiger partial charge in [0.15, 0.2) is 0 Å². The summed E-state index contributed by atoms with van der Waals surface area (Å²) in [5.74, 6) is -0.902. The molecule has 0 bridgehead atoms. The van der Waals surface area contributed by atoms with Gasteiger partial charge in [-0.2, -0.15) is 0 Å². The van der Waals surface area contributed by atoms with E-state index in [9.17, 15) is 9.59 Å². The van der Waals surface area contributed by atoms with Crippen LogP contribution in [0.4, 0.5) is 4.79 Å². The van der Waals surface area contributed by atoms with Crippen molar-refractivity contribution < 1.29 is 14.7 Å². The fourth-order valence-electron chi connectivity index (χ4n) is 2.25. The third-order valence-electron chi connectivity index (χ3n) is 3.26. The van der Waals surface area contributed by atoms with Crippen molar-refractivity contribution in [3.8, 4) is 0 Å². The van der Waals surface area contributed by atoms with Crippen LogP contribution in [-0.2, 0) is 4.79 Å². The first kappa shape index (κ1) is 13.8. The summed E-state index contributed by atoms with van der Waals surface area (Å²) in [5.41, 5.74) is 0. The minimum absolute atomic E-state index is 0.155. The van der Waals surface area contributed by atoms with Crippen molar-refractivity contribution in [3.05, 3.63) is 0 Å².